The minimum absolute atomic E-state index is 0.501. The second-order valence-corrected chi connectivity index (χ2v) is 4.56. The molecule has 0 saturated heterocycles. The number of amides is 1. The number of primary amides is 1. The molecular weight excluding hydrogens is 278 g/mol. The van der Waals surface area contributed by atoms with Crippen LogP contribution in [-0.4, -0.2) is 20.9 Å². The number of anilines is 2. The third-order valence-corrected chi connectivity index (χ3v) is 2.91. The number of nitrogens with two attached hydrogens (primary N) is 1. The Morgan fingerprint density at radius 3 is 2.64 bits per heavy atom. The predicted octanol–water partition coefficient (Wildman–Crippen LogP) is 2.27. The molecule has 0 spiro atoms. The molecule has 2 heterocycles. The van der Waals surface area contributed by atoms with Gasteiger partial charge in [0.05, 0.1) is 17.4 Å². The van der Waals surface area contributed by atoms with Gasteiger partial charge in [0.15, 0.2) is 0 Å². The standard InChI is InChI=1S/C16H13N5O/c17-15(22)9-7-12-6-8-13-14(19-12)10-18-16(21-13)20-11-4-2-1-3-5-11/h1-10H,(H2,17,22)(H,18,20,21). The van der Waals surface area contributed by atoms with E-state index in [1.54, 1.807) is 18.3 Å². The maximum atomic E-state index is 10.7. The lowest BCUT2D eigenvalue weighted by Gasteiger charge is -2.05. The SMILES string of the molecule is NC(=O)C=Cc1ccc2nc(Nc3ccccc3)ncc2n1. The molecule has 0 aliphatic rings. The van der Waals surface area contributed by atoms with Gasteiger partial charge in [-0.15, -0.1) is 0 Å². The van der Waals surface area contributed by atoms with Crippen LogP contribution >= 0.6 is 0 Å². The number of nitrogens with one attached hydrogen (secondary N) is 1. The first-order valence-electron chi connectivity index (χ1n) is 6.64. The summed E-state index contributed by atoms with van der Waals surface area (Å²) in [6.45, 7) is 0. The van der Waals surface area contributed by atoms with Crippen LogP contribution in [0.25, 0.3) is 17.1 Å². The summed E-state index contributed by atoms with van der Waals surface area (Å²) in [4.78, 5) is 23.7. The lowest BCUT2D eigenvalue weighted by Crippen LogP contribution is -2.05. The van der Waals surface area contributed by atoms with Gasteiger partial charge in [-0.3, -0.25) is 4.79 Å². The molecule has 6 nitrogen and oxygen atoms in total. The molecule has 3 N–H and O–H groups in total. The largest absolute Gasteiger partial charge is 0.366 e. The van der Waals surface area contributed by atoms with Gasteiger partial charge in [-0.1, -0.05) is 18.2 Å². The van der Waals surface area contributed by atoms with Crippen molar-refractivity contribution in [3.05, 3.63) is 60.4 Å². The number of rotatable bonds is 4. The molecule has 2 aromatic heterocycles. The molecule has 0 aliphatic carbocycles. The second kappa shape index (κ2) is 6.01. The fraction of sp³-hybridized carbons (Fsp3) is 0. The van der Waals surface area contributed by atoms with Crippen LogP contribution in [0.3, 0.4) is 0 Å². The molecule has 1 aromatic carbocycles. The molecule has 0 bridgehead atoms. The topological polar surface area (TPSA) is 93.8 Å². The van der Waals surface area contributed by atoms with E-state index in [0.717, 1.165) is 5.69 Å². The smallest absolute Gasteiger partial charge is 0.241 e. The van der Waals surface area contributed by atoms with Crippen molar-refractivity contribution < 1.29 is 4.79 Å². The van der Waals surface area contributed by atoms with Gasteiger partial charge in [-0.2, -0.15) is 0 Å². The van der Waals surface area contributed by atoms with Crippen molar-refractivity contribution in [2.24, 2.45) is 5.73 Å². The van der Waals surface area contributed by atoms with Crippen LogP contribution in [0.5, 0.6) is 0 Å². The molecule has 0 fully saturated rings. The number of pyridine rings is 1. The van der Waals surface area contributed by atoms with Gasteiger partial charge >= 0.3 is 0 Å². The number of hydrogen-bond donors (Lipinski definition) is 2. The lowest BCUT2D eigenvalue weighted by molar-refractivity contribution is -0.113. The molecule has 0 unspecified atom stereocenters. The van der Waals surface area contributed by atoms with Crippen LogP contribution in [0, 0.1) is 0 Å². The minimum atomic E-state index is -0.513. The Bertz CT molecular complexity index is 846. The summed E-state index contributed by atoms with van der Waals surface area (Å²) in [7, 11) is 0. The summed E-state index contributed by atoms with van der Waals surface area (Å²) in [5, 5.41) is 3.13. The summed E-state index contributed by atoms with van der Waals surface area (Å²) >= 11 is 0. The first-order chi connectivity index (χ1) is 10.7. The molecule has 3 aromatic rings. The zero-order valence-corrected chi connectivity index (χ0v) is 11.6. The van der Waals surface area contributed by atoms with Crippen LogP contribution in [0.2, 0.25) is 0 Å². The van der Waals surface area contributed by atoms with Crippen molar-refractivity contribution in [2.75, 3.05) is 5.32 Å². The van der Waals surface area contributed by atoms with Crippen molar-refractivity contribution in [1.82, 2.24) is 15.0 Å². The zero-order valence-electron chi connectivity index (χ0n) is 11.6. The van der Waals surface area contributed by atoms with E-state index in [9.17, 15) is 4.79 Å². The van der Waals surface area contributed by atoms with Gasteiger partial charge in [-0.05, 0) is 30.3 Å². The normalized spacial score (nSPS) is 10.9. The Hall–Kier alpha value is -3.28. The number of hydrogen-bond acceptors (Lipinski definition) is 5. The molecule has 6 heteroatoms. The lowest BCUT2D eigenvalue weighted by atomic mass is 10.3. The molecule has 0 aliphatic heterocycles. The Kier molecular flexibility index (Phi) is 3.74. The Morgan fingerprint density at radius 1 is 1.05 bits per heavy atom. The number of nitrogens with zero attached hydrogens (tertiary/aromatic N) is 3. The molecule has 3 rings (SSSR count). The fourth-order valence-corrected chi connectivity index (χ4v) is 1.91. The van der Waals surface area contributed by atoms with Gasteiger partial charge < -0.3 is 11.1 Å². The molecule has 0 radical (unpaired) electrons. The van der Waals surface area contributed by atoms with E-state index >= 15 is 0 Å². The van der Waals surface area contributed by atoms with Gasteiger partial charge in [-0.25, -0.2) is 15.0 Å². The highest BCUT2D eigenvalue weighted by Crippen LogP contribution is 2.15. The van der Waals surface area contributed by atoms with Crippen molar-refractivity contribution in [1.29, 1.82) is 0 Å². The molecule has 0 saturated carbocycles. The average Bonchev–Trinajstić information content (AvgIpc) is 2.54. The van der Waals surface area contributed by atoms with Gasteiger partial charge in [0.1, 0.15) is 5.52 Å². The number of benzene rings is 1. The first kappa shape index (κ1) is 13.7. The summed E-state index contributed by atoms with van der Waals surface area (Å²) in [6.07, 6.45) is 4.45. The third kappa shape index (κ3) is 3.24. The summed E-state index contributed by atoms with van der Waals surface area (Å²) in [5.41, 5.74) is 7.95. The van der Waals surface area contributed by atoms with E-state index in [1.807, 2.05) is 36.4 Å². The molecular formula is C16H13N5O. The van der Waals surface area contributed by atoms with Gasteiger partial charge in [0, 0.05) is 11.8 Å². The van der Waals surface area contributed by atoms with E-state index in [1.165, 1.54) is 6.08 Å². The van der Waals surface area contributed by atoms with Crippen LogP contribution < -0.4 is 11.1 Å². The third-order valence-electron chi connectivity index (χ3n) is 2.91. The summed E-state index contributed by atoms with van der Waals surface area (Å²) < 4.78 is 0. The highest BCUT2D eigenvalue weighted by molar-refractivity contribution is 5.90. The van der Waals surface area contributed by atoms with Crippen molar-refractivity contribution in [3.63, 3.8) is 0 Å². The highest BCUT2D eigenvalue weighted by atomic mass is 16.1. The Morgan fingerprint density at radius 2 is 1.86 bits per heavy atom. The molecule has 1 amide bonds. The van der Waals surface area contributed by atoms with Crippen molar-refractivity contribution in [2.45, 2.75) is 0 Å². The van der Waals surface area contributed by atoms with Crippen LogP contribution in [0.4, 0.5) is 11.6 Å². The number of fused-ring (bicyclic) bond motifs is 1. The molecule has 108 valence electrons. The van der Waals surface area contributed by atoms with Crippen molar-refractivity contribution >= 4 is 34.7 Å². The summed E-state index contributed by atoms with van der Waals surface area (Å²) in [5.74, 6) is -0.0125. The quantitative estimate of drug-likeness (QED) is 0.719. The number of carbonyl (C=O) groups is 1. The zero-order chi connectivity index (χ0) is 15.4. The van der Waals surface area contributed by atoms with Gasteiger partial charge in [0.2, 0.25) is 11.9 Å². The Balaban J connectivity index is 1.88. The number of para-hydroxylation sites is 1. The van der Waals surface area contributed by atoms with E-state index in [-0.39, 0.29) is 0 Å². The van der Waals surface area contributed by atoms with E-state index in [0.29, 0.717) is 22.7 Å². The second-order valence-electron chi connectivity index (χ2n) is 4.56. The Labute approximate surface area is 126 Å². The summed E-state index contributed by atoms with van der Waals surface area (Å²) in [6, 6.07) is 13.3. The van der Waals surface area contributed by atoms with E-state index < -0.39 is 5.91 Å². The molecule has 22 heavy (non-hydrogen) atoms. The van der Waals surface area contributed by atoms with Crippen LogP contribution in [0.1, 0.15) is 5.69 Å². The minimum Gasteiger partial charge on any atom is -0.366 e. The van der Waals surface area contributed by atoms with E-state index in [4.69, 9.17) is 5.73 Å². The van der Waals surface area contributed by atoms with E-state index in [2.05, 4.69) is 20.3 Å². The van der Waals surface area contributed by atoms with Crippen LogP contribution in [-0.2, 0) is 4.79 Å². The average molecular weight is 291 g/mol. The highest BCUT2D eigenvalue weighted by Gasteiger charge is 2.02. The van der Waals surface area contributed by atoms with Crippen LogP contribution in [0.15, 0.2) is 54.7 Å². The predicted molar refractivity (Wildman–Crippen MR) is 85.3 cm³/mol. The maximum absolute atomic E-state index is 10.7. The first-order valence-corrected chi connectivity index (χ1v) is 6.64. The monoisotopic (exact) mass is 291 g/mol. The van der Waals surface area contributed by atoms with Gasteiger partial charge in [0.25, 0.3) is 0 Å². The number of carbonyl (C=O) groups excluding carboxylic acids is 1. The fourth-order valence-electron chi connectivity index (χ4n) is 1.91. The van der Waals surface area contributed by atoms with Crippen molar-refractivity contribution in [3.8, 4) is 0 Å². The number of aromatic nitrogens is 3. The molecule has 0 atom stereocenters. The maximum Gasteiger partial charge on any atom is 0.241 e.